The van der Waals surface area contributed by atoms with Gasteiger partial charge in [0.2, 0.25) is 11.8 Å². The standard InChI is InChI=1S/C24H25N5O4/c1-27(20(31)14-16-9-11-18(12-10-16)28-13-5-8-19(28)30)21-22(25)29(24(33)26-23(21)32)15-17-6-3-2-4-7-17/h2-4,6-7,9-12H,5,8,13-15,25H2,1H3,(H,26,32,33). The van der Waals surface area contributed by atoms with Crippen LogP contribution in [0.4, 0.5) is 17.2 Å². The number of amides is 2. The number of nitrogens with zero attached hydrogens (tertiary/aromatic N) is 3. The second-order valence-electron chi connectivity index (χ2n) is 8.01. The van der Waals surface area contributed by atoms with Crippen molar-refractivity contribution >= 4 is 29.0 Å². The van der Waals surface area contributed by atoms with E-state index in [0.29, 0.717) is 13.0 Å². The predicted molar refractivity (Wildman–Crippen MR) is 126 cm³/mol. The fourth-order valence-corrected chi connectivity index (χ4v) is 3.96. The first-order chi connectivity index (χ1) is 15.8. The smallest absolute Gasteiger partial charge is 0.330 e. The molecule has 0 bridgehead atoms. The summed E-state index contributed by atoms with van der Waals surface area (Å²) in [5.41, 5.74) is 7.10. The van der Waals surface area contributed by atoms with E-state index in [1.165, 1.54) is 16.5 Å². The highest BCUT2D eigenvalue weighted by Crippen LogP contribution is 2.22. The Morgan fingerprint density at radius 3 is 2.36 bits per heavy atom. The van der Waals surface area contributed by atoms with E-state index < -0.39 is 11.2 Å². The van der Waals surface area contributed by atoms with Gasteiger partial charge in [-0.15, -0.1) is 0 Å². The monoisotopic (exact) mass is 447 g/mol. The lowest BCUT2D eigenvalue weighted by Gasteiger charge is -2.21. The van der Waals surface area contributed by atoms with Crippen molar-refractivity contribution in [2.45, 2.75) is 25.8 Å². The van der Waals surface area contributed by atoms with Crippen LogP contribution in [-0.2, 0) is 22.6 Å². The van der Waals surface area contributed by atoms with Crippen molar-refractivity contribution in [2.75, 3.05) is 29.1 Å². The van der Waals surface area contributed by atoms with Crippen LogP contribution in [0.25, 0.3) is 0 Å². The molecule has 3 N–H and O–H groups in total. The molecule has 0 aliphatic carbocycles. The van der Waals surface area contributed by atoms with E-state index in [2.05, 4.69) is 4.98 Å². The van der Waals surface area contributed by atoms with Crippen LogP contribution < -0.4 is 26.8 Å². The molecule has 1 aliphatic rings. The van der Waals surface area contributed by atoms with Crippen LogP contribution in [0.5, 0.6) is 0 Å². The quantitative estimate of drug-likeness (QED) is 0.593. The van der Waals surface area contributed by atoms with Crippen molar-refractivity contribution in [3.05, 3.63) is 86.6 Å². The van der Waals surface area contributed by atoms with Crippen molar-refractivity contribution in [1.29, 1.82) is 0 Å². The van der Waals surface area contributed by atoms with E-state index in [1.807, 2.05) is 42.5 Å². The zero-order valence-electron chi connectivity index (χ0n) is 18.3. The van der Waals surface area contributed by atoms with Gasteiger partial charge in [0, 0.05) is 25.7 Å². The molecule has 0 unspecified atom stereocenters. The number of benzene rings is 2. The number of nitrogens with one attached hydrogen (secondary N) is 1. The van der Waals surface area contributed by atoms with Gasteiger partial charge in [-0.3, -0.25) is 23.9 Å². The first-order valence-electron chi connectivity index (χ1n) is 10.7. The van der Waals surface area contributed by atoms with Gasteiger partial charge in [-0.05, 0) is 29.7 Å². The SMILES string of the molecule is CN(C(=O)Cc1ccc(N2CCCC2=O)cc1)c1c(N)n(Cc2ccccc2)c(=O)[nH]c1=O. The minimum Gasteiger partial charge on any atom is -0.383 e. The molecule has 1 aromatic heterocycles. The Labute approximate surface area is 190 Å². The number of rotatable bonds is 6. The Kier molecular flexibility index (Phi) is 6.12. The lowest BCUT2D eigenvalue weighted by Crippen LogP contribution is -2.40. The number of nitrogens with two attached hydrogens (primary N) is 1. The normalized spacial score (nSPS) is 13.4. The maximum atomic E-state index is 12.9. The lowest BCUT2D eigenvalue weighted by molar-refractivity contribution is -0.118. The van der Waals surface area contributed by atoms with E-state index in [4.69, 9.17) is 5.73 Å². The average molecular weight is 447 g/mol. The van der Waals surface area contributed by atoms with Crippen LogP contribution >= 0.6 is 0 Å². The number of anilines is 3. The minimum absolute atomic E-state index is 0.0292. The van der Waals surface area contributed by atoms with Crippen LogP contribution in [-0.4, -0.2) is 35.0 Å². The molecule has 1 fully saturated rings. The van der Waals surface area contributed by atoms with Gasteiger partial charge in [-0.25, -0.2) is 4.79 Å². The summed E-state index contributed by atoms with van der Waals surface area (Å²) in [4.78, 5) is 54.9. The second-order valence-corrected chi connectivity index (χ2v) is 8.01. The van der Waals surface area contributed by atoms with Crippen molar-refractivity contribution in [2.24, 2.45) is 0 Å². The van der Waals surface area contributed by atoms with Crippen LogP contribution in [0.2, 0.25) is 0 Å². The number of H-pyrrole nitrogens is 1. The summed E-state index contributed by atoms with van der Waals surface area (Å²) >= 11 is 0. The summed E-state index contributed by atoms with van der Waals surface area (Å²) in [6, 6.07) is 16.4. The van der Waals surface area contributed by atoms with Gasteiger partial charge in [0.15, 0.2) is 5.69 Å². The van der Waals surface area contributed by atoms with E-state index in [-0.39, 0.29) is 36.3 Å². The summed E-state index contributed by atoms with van der Waals surface area (Å²) in [5, 5.41) is 0. The van der Waals surface area contributed by atoms with Gasteiger partial charge in [-0.1, -0.05) is 42.5 Å². The molecule has 3 aromatic rings. The molecule has 2 aromatic carbocycles. The summed E-state index contributed by atoms with van der Waals surface area (Å²) in [5.74, 6) is -0.340. The van der Waals surface area contributed by atoms with Crippen LogP contribution in [0.15, 0.2) is 64.2 Å². The topological polar surface area (TPSA) is 121 Å². The number of carbonyl (C=O) groups is 2. The van der Waals surface area contributed by atoms with Gasteiger partial charge in [0.1, 0.15) is 5.82 Å². The Morgan fingerprint density at radius 1 is 1.03 bits per heavy atom. The molecule has 0 atom stereocenters. The predicted octanol–water partition coefficient (Wildman–Crippen LogP) is 1.50. The van der Waals surface area contributed by atoms with Crippen molar-refractivity contribution in [3.8, 4) is 0 Å². The zero-order valence-corrected chi connectivity index (χ0v) is 18.3. The second kappa shape index (κ2) is 9.15. The first kappa shape index (κ1) is 22.1. The van der Waals surface area contributed by atoms with Crippen molar-refractivity contribution in [3.63, 3.8) is 0 Å². The Hall–Kier alpha value is -4.14. The van der Waals surface area contributed by atoms with E-state index >= 15 is 0 Å². The molecule has 0 radical (unpaired) electrons. The van der Waals surface area contributed by atoms with Gasteiger partial charge >= 0.3 is 5.69 Å². The summed E-state index contributed by atoms with van der Waals surface area (Å²) in [6.45, 7) is 0.856. The Morgan fingerprint density at radius 2 is 1.73 bits per heavy atom. The number of aromatic amines is 1. The van der Waals surface area contributed by atoms with E-state index in [1.54, 1.807) is 17.0 Å². The molecule has 1 saturated heterocycles. The van der Waals surface area contributed by atoms with Crippen LogP contribution in [0, 0.1) is 0 Å². The number of nitrogen functional groups attached to an aromatic ring is 1. The molecule has 170 valence electrons. The minimum atomic E-state index is -0.722. The molecule has 9 heteroatoms. The molecule has 2 amide bonds. The zero-order chi connectivity index (χ0) is 23.5. The number of hydrogen-bond acceptors (Lipinski definition) is 5. The molecule has 9 nitrogen and oxygen atoms in total. The van der Waals surface area contributed by atoms with Crippen LogP contribution in [0.3, 0.4) is 0 Å². The molecular weight excluding hydrogens is 422 g/mol. The van der Waals surface area contributed by atoms with Gasteiger partial charge < -0.3 is 15.5 Å². The van der Waals surface area contributed by atoms with Crippen molar-refractivity contribution in [1.82, 2.24) is 9.55 Å². The van der Waals surface area contributed by atoms with Crippen LogP contribution in [0.1, 0.15) is 24.0 Å². The van der Waals surface area contributed by atoms with Gasteiger partial charge in [0.05, 0.1) is 13.0 Å². The number of aromatic nitrogens is 2. The highest BCUT2D eigenvalue weighted by atomic mass is 16.2. The third kappa shape index (κ3) is 4.57. The molecule has 4 rings (SSSR count). The highest BCUT2D eigenvalue weighted by molar-refractivity contribution is 5.97. The largest absolute Gasteiger partial charge is 0.383 e. The van der Waals surface area contributed by atoms with E-state index in [0.717, 1.165) is 23.2 Å². The molecule has 2 heterocycles. The number of likely N-dealkylation sites (N-methyl/N-ethyl adjacent to an activating group) is 1. The molecule has 1 aliphatic heterocycles. The molecule has 0 saturated carbocycles. The number of carbonyl (C=O) groups excluding carboxylic acids is 2. The van der Waals surface area contributed by atoms with Gasteiger partial charge in [-0.2, -0.15) is 0 Å². The first-order valence-corrected chi connectivity index (χ1v) is 10.7. The fraction of sp³-hybridized carbons (Fsp3) is 0.250. The summed E-state index contributed by atoms with van der Waals surface area (Å²) in [7, 11) is 1.46. The molecular formula is C24H25N5O4. The van der Waals surface area contributed by atoms with Crippen molar-refractivity contribution < 1.29 is 9.59 Å². The molecule has 0 spiro atoms. The molecule has 33 heavy (non-hydrogen) atoms. The maximum Gasteiger partial charge on any atom is 0.330 e. The lowest BCUT2D eigenvalue weighted by atomic mass is 10.1. The maximum absolute atomic E-state index is 12.9. The Balaban J connectivity index is 1.54. The Bertz CT molecular complexity index is 1300. The summed E-state index contributed by atoms with van der Waals surface area (Å²) in [6.07, 6.45) is 1.42. The number of hydrogen-bond donors (Lipinski definition) is 2. The third-order valence-corrected chi connectivity index (χ3v) is 5.78. The fourth-order valence-electron chi connectivity index (χ4n) is 3.96. The van der Waals surface area contributed by atoms with E-state index in [9.17, 15) is 19.2 Å². The highest BCUT2D eigenvalue weighted by Gasteiger charge is 2.23. The average Bonchev–Trinajstić information content (AvgIpc) is 3.23. The third-order valence-electron chi connectivity index (χ3n) is 5.78. The summed E-state index contributed by atoms with van der Waals surface area (Å²) < 4.78 is 1.23. The van der Waals surface area contributed by atoms with Gasteiger partial charge in [0.25, 0.3) is 5.56 Å².